The molecular formula is C23H34N3O8PS. The lowest BCUT2D eigenvalue weighted by atomic mass is 10.1. The number of esters is 1. The highest BCUT2D eigenvalue weighted by Gasteiger charge is 2.35. The number of nitrogens with one attached hydrogen (secondary N) is 2. The Kier molecular flexibility index (Phi) is 10.6. The Labute approximate surface area is 215 Å². The number of carbonyl (C=O) groups excluding carboxylic acids is 1. The first-order valence-corrected chi connectivity index (χ1v) is 13.3. The van der Waals surface area contributed by atoms with Crippen LogP contribution in [0.3, 0.4) is 0 Å². The predicted octanol–water partition coefficient (Wildman–Crippen LogP) is 3.71. The number of carbonyl (C=O) groups is 1. The zero-order chi connectivity index (χ0) is 27.1. The molecule has 0 radical (unpaired) electrons. The molecule has 0 saturated carbocycles. The van der Waals surface area contributed by atoms with Gasteiger partial charge in [-0.25, -0.2) is 4.57 Å². The first-order chi connectivity index (χ1) is 16.7. The van der Waals surface area contributed by atoms with Crippen molar-refractivity contribution in [3.8, 4) is 5.75 Å². The van der Waals surface area contributed by atoms with Gasteiger partial charge in [-0.3, -0.25) is 23.7 Å². The summed E-state index contributed by atoms with van der Waals surface area (Å²) in [5.41, 5.74) is -1.81. The lowest BCUT2D eigenvalue weighted by Crippen LogP contribution is -2.39. The molecule has 0 fully saturated rings. The molecule has 11 nitrogen and oxygen atoms in total. The van der Waals surface area contributed by atoms with E-state index in [1.165, 1.54) is 37.6 Å². The lowest BCUT2D eigenvalue weighted by Gasteiger charge is -2.33. The number of aromatic amines is 1. The second-order valence-electron chi connectivity index (χ2n) is 9.00. The molecule has 2 rings (SSSR count). The van der Waals surface area contributed by atoms with Crippen LogP contribution in [0.5, 0.6) is 5.75 Å². The van der Waals surface area contributed by atoms with Crippen molar-refractivity contribution in [2.75, 3.05) is 6.61 Å². The number of aromatic nitrogens is 2. The molecule has 3 N–H and O–H groups in total. The number of rotatable bonds is 13. The van der Waals surface area contributed by atoms with Crippen LogP contribution in [-0.4, -0.2) is 51.1 Å². The highest BCUT2D eigenvalue weighted by Crippen LogP contribution is 2.45. The zero-order valence-corrected chi connectivity index (χ0v) is 22.9. The first kappa shape index (κ1) is 29.9. The fourth-order valence-corrected chi connectivity index (χ4v) is 4.80. The molecule has 0 bridgehead atoms. The fraction of sp³-hybridized carbons (Fsp3) is 0.522. The third kappa shape index (κ3) is 9.27. The summed E-state index contributed by atoms with van der Waals surface area (Å²) in [5, 5.41) is 13.3. The molecule has 36 heavy (non-hydrogen) atoms. The average Bonchev–Trinajstić information content (AvgIpc) is 2.76. The van der Waals surface area contributed by atoms with Crippen LogP contribution in [-0.2, 0) is 23.4 Å². The van der Waals surface area contributed by atoms with Crippen LogP contribution in [0, 0.1) is 4.77 Å². The molecule has 0 aliphatic carbocycles. The fourth-order valence-electron chi connectivity index (χ4n) is 2.98. The summed E-state index contributed by atoms with van der Waals surface area (Å²) in [5.74, 6) is -0.357. The van der Waals surface area contributed by atoms with E-state index < -0.39 is 43.2 Å². The van der Waals surface area contributed by atoms with E-state index in [0.717, 1.165) is 0 Å². The summed E-state index contributed by atoms with van der Waals surface area (Å²) >= 11 is 5.20. The highest BCUT2D eigenvalue weighted by atomic mass is 32.1. The van der Waals surface area contributed by atoms with Gasteiger partial charge in [-0.15, -0.1) is 0 Å². The van der Waals surface area contributed by atoms with Gasteiger partial charge in [0.2, 0.25) is 0 Å². The summed E-state index contributed by atoms with van der Waals surface area (Å²) in [6.45, 7) is 9.32. The Morgan fingerprint density at radius 3 is 2.39 bits per heavy atom. The molecule has 0 saturated heterocycles. The molecule has 0 aliphatic heterocycles. The number of aliphatic hydroxyl groups is 1. The molecule has 0 aliphatic rings. The summed E-state index contributed by atoms with van der Waals surface area (Å²) < 4.78 is 37.4. The van der Waals surface area contributed by atoms with E-state index in [1.54, 1.807) is 51.1 Å². The normalized spacial score (nSPS) is 16.1. The molecule has 1 aromatic carbocycles. The van der Waals surface area contributed by atoms with E-state index in [0.29, 0.717) is 0 Å². The Bertz CT molecular complexity index is 1160. The van der Waals surface area contributed by atoms with Crippen LogP contribution in [0.25, 0.3) is 0 Å². The molecule has 1 heterocycles. The van der Waals surface area contributed by atoms with Crippen molar-refractivity contribution in [3.63, 3.8) is 0 Å². The number of ether oxygens (including phenoxy) is 2. The van der Waals surface area contributed by atoms with Crippen LogP contribution in [0.2, 0.25) is 0 Å². The Morgan fingerprint density at radius 1 is 1.19 bits per heavy atom. The van der Waals surface area contributed by atoms with E-state index in [9.17, 15) is 19.3 Å². The molecule has 0 spiro atoms. The minimum atomic E-state index is -4.09. The van der Waals surface area contributed by atoms with Gasteiger partial charge in [0.1, 0.15) is 17.4 Å². The van der Waals surface area contributed by atoms with Crippen molar-refractivity contribution in [2.24, 2.45) is 0 Å². The molecule has 13 heteroatoms. The van der Waals surface area contributed by atoms with Gasteiger partial charge < -0.3 is 19.1 Å². The van der Waals surface area contributed by atoms with Gasteiger partial charge in [0.25, 0.3) is 5.56 Å². The van der Waals surface area contributed by atoms with Crippen LogP contribution < -0.4 is 15.2 Å². The topological polar surface area (TPSA) is 141 Å². The van der Waals surface area contributed by atoms with E-state index in [2.05, 4.69) is 10.1 Å². The van der Waals surface area contributed by atoms with Gasteiger partial charge in [0, 0.05) is 12.3 Å². The van der Waals surface area contributed by atoms with Crippen LogP contribution in [0.4, 0.5) is 0 Å². The largest absolute Gasteiger partial charge is 0.462 e. The van der Waals surface area contributed by atoms with E-state index in [4.69, 9.17) is 30.7 Å². The molecule has 200 valence electrons. The molecule has 1 unspecified atom stereocenters. The lowest BCUT2D eigenvalue weighted by molar-refractivity contribution is -0.160. The molecule has 4 atom stereocenters. The number of hydrogen-bond donors (Lipinski definition) is 3. The van der Waals surface area contributed by atoms with Crippen molar-refractivity contribution in [1.29, 1.82) is 0 Å². The molecule has 2 aromatic rings. The summed E-state index contributed by atoms with van der Waals surface area (Å²) in [4.78, 5) is 26.3. The van der Waals surface area contributed by atoms with Crippen LogP contribution in [0.1, 0.15) is 47.8 Å². The first-order valence-electron chi connectivity index (χ1n) is 11.4. The van der Waals surface area contributed by atoms with Crippen molar-refractivity contribution in [2.45, 2.75) is 71.6 Å². The minimum Gasteiger partial charge on any atom is -0.462 e. The second kappa shape index (κ2) is 12.8. The standard InChI is InChI=1S/C23H34N3O8PS/c1-15(2)32-20(28)17(4)25-35(30,34-18-10-8-7-9-11-18)31-14-16(3)33-21(23(5,6)29)26-13-12-19(27)24-22(26)36/h7-13,15-17,21,29H,14H2,1-6H3,(H,25,30)(H,24,27,36)/t16-,17-,21+,35?/m0/s1. The van der Waals surface area contributed by atoms with Crippen LogP contribution >= 0.6 is 20.0 Å². The molecular weight excluding hydrogens is 509 g/mol. The van der Waals surface area contributed by atoms with Gasteiger partial charge >= 0.3 is 13.7 Å². The molecule has 0 amide bonds. The predicted molar refractivity (Wildman–Crippen MR) is 136 cm³/mol. The Hall–Kier alpha value is -2.34. The maximum Gasteiger partial charge on any atom is 0.459 e. The monoisotopic (exact) mass is 543 g/mol. The average molecular weight is 544 g/mol. The second-order valence-corrected chi connectivity index (χ2v) is 11.1. The van der Waals surface area contributed by atoms with Gasteiger partial charge in [-0.2, -0.15) is 5.09 Å². The van der Waals surface area contributed by atoms with Crippen molar-refractivity contribution < 1.29 is 33.0 Å². The van der Waals surface area contributed by atoms with Gasteiger partial charge in [-0.1, -0.05) is 18.2 Å². The SMILES string of the molecule is CC(C)OC(=O)[C@H](C)NP(=O)(OC[C@H](C)O[C@@H](n1ccc(=O)[nH]c1=S)C(C)(C)O)Oc1ccccc1. The van der Waals surface area contributed by atoms with E-state index >= 15 is 0 Å². The maximum absolute atomic E-state index is 13.6. The third-order valence-electron chi connectivity index (χ3n) is 4.57. The number of benzene rings is 1. The summed E-state index contributed by atoms with van der Waals surface area (Å²) in [6, 6.07) is 8.61. The van der Waals surface area contributed by atoms with Crippen molar-refractivity contribution in [1.82, 2.24) is 14.6 Å². The third-order valence-corrected chi connectivity index (χ3v) is 6.53. The van der Waals surface area contributed by atoms with E-state index in [-0.39, 0.29) is 23.2 Å². The number of nitrogens with zero attached hydrogens (tertiary/aromatic N) is 1. The van der Waals surface area contributed by atoms with Crippen molar-refractivity contribution >= 4 is 25.9 Å². The maximum atomic E-state index is 13.6. The van der Waals surface area contributed by atoms with Gasteiger partial charge in [-0.05, 0) is 65.9 Å². The quantitative estimate of drug-likeness (QED) is 0.194. The van der Waals surface area contributed by atoms with E-state index in [1.807, 2.05) is 0 Å². The number of para-hydroxylation sites is 1. The highest BCUT2D eigenvalue weighted by molar-refractivity contribution is 7.71. The zero-order valence-electron chi connectivity index (χ0n) is 21.2. The van der Waals surface area contributed by atoms with Crippen LogP contribution in [0.15, 0.2) is 47.4 Å². The van der Waals surface area contributed by atoms with Gasteiger partial charge in [0.15, 0.2) is 11.0 Å². The molecule has 1 aromatic heterocycles. The minimum absolute atomic E-state index is 0.0555. The Balaban J connectivity index is 2.20. The smallest absolute Gasteiger partial charge is 0.459 e. The number of hydrogen-bond acceptors (Lipinski definition) is 9. The van der Waals surface area contributed by atoms with Gasteiger partial charge in [0.05, 0.1) is 18.8 Å². The summed E-state index contributed by atoms with van der Waals surface area (Å²) in [7, 11) is -4.09. The summed E-state index contributed by atoms with van der Waals surface area (Å²) in [6.07, 6.45) is -0.695. The number of H-pyrrole nitrogens is 1. The van der Waals surface area contributed by atoms with Crippen molar-refractivity contribution in [3.05, 3.63) is 57.7 Å². The Morgan fingerprint density at radius 2 is 1.83 bits per heavy atom.